The van der Waals surface area contributed by atoms with Crippen molar-refractivity contribution in [3.05, 3.63) is 77.0 Å². The number of ether oxygens (including phenoxy) is 1. The van der Waals surface area contributed by atoms with Crippen LogP contribution in [0.25, 0.3) is 0 Å². The highest BCUT2D eigenvalue weighted by Gasteiger charge is 2.27. The second kappa shape index (κ2) is 7.21. The van der Waals surface area contributed by atoms with E-state index in [1.165, 1.54) is 11.1 Å². The molecule has 0 saturated carbocycles. The van der Waals surface area contributed by atoms with Gasteiger partial charge in [-0.15, -0.1) is 0 Å². The van der Waals surface area contributed by atoms with Crippen LogP contribution in [-0.4, -0.2) is 13.1 Å². The summed E-state index contributed by atoms with van der Waals surface area (Å²) in [5.41, 5.74) is 4.44. The molecule has 2 N–H and O–H groups in total. The molecule has 1 atom stereocenters. The maximum absolute atomic E-state index is 12.1. The molecule has 2 amide bonds. The highest BCUT2D eigenvalue weighted by atomic mass is 16.5. The Kier molecular flexibility index (Phi) is 4.85. The Hall–Kier alpha value is -2.75. The van der Waals surface area contributed by atoms with Crippen molar-refractivity contribution >= 4 is 6.03 Å². The van der Waals surface area contributed by atoms with Gasteiger partial charge in [0.2, 0.25) is 0 Å². The van der Waals surface area contributed by atoms with Crippen LogP contribution >= 0.6 is 0 Å². The first-order valence-corrected chi connectivity index (χ1v) is 8.18. The van der Waals surface area contributed by atoms with Gasteiger partial charge in [0.1, 0.15) is 5.75 Å². The fraction of sp³-hybridized carbons (Fsp3) is 0.250. The first-order chi connectivity index (χ1) is 11.7. The lowest BCUT2D eigenvalue weighted by atomic mass is 9.89. The summed E-state index contributed by atoms with van der Waals surface area (Å²) in [6.07, 6.45) is 1.58. The molecule has 0 spiro atoms. The summed E-state index contributed by atoms with van der Waals surface area (Å²) in [5, 5.41) is 6.02. The quantitative estimate of drug-likeness (QED) is 0.875. The molecule has 0 bridgehead atoms. The van der Waals surface area contributed by atoms with Crippen LogP contribution in [0.3, 0.4) is 0 Å². The lowest BCUT2D eigenvalue weighted by Gasteiger charge is -2.31. The van der Waals surface area contributed by atoms with Crippen molar-refractivity contribution in [1.29, 1.82) is 0 Å². The van der Waals surface area contributed by atoms with Crippen LogP contribution in [0.15, 0.2) is 65.9 Å². The van der Waals surface area contributed by atoms with E-state index in [9.17, 15) is 4.79 Å². The molecule has 0 aromatic heterocycles. The topological polar surface area (TPSA) is 50.4 Å². The van der Waals surface area contributed by atoms with Gasteiger partial charge in [0.25, 0.3) is 0 Å². The molecule has 0 aliphatic carbocycles. The zero-order valence-electron chi connectivity index (χ0n) is 14.0. The molecule has 1 unspecified atom stereocenters. The normalized spacial score (nSPS) is 17.2. The number of carbonyl (C=O) groups excluding carboxylic acids is 1. The lowest BCUT2D eigenvalue weighted by molar-refractivity contribution is 0.237. The number of nitrogens with one attached hydrogen (secondary N) is 2. The molecule has 1 aliphatic heterocycles. The average molecular weight is 322 g/mol. The van der Waals surface area contributed by atoms with Crippen LogP contribution in [0.4, 0.5) is 4.79 Å². The number of methoxy groups -OCH3 is 1. The molecule has 1 aliphatic rings. The minimum atomic E-state index is -0.156. The summed E-state index contributed by atoms with van der Waals surface area (Å²) in [5.74, 6) is 0.789. The maximum atomic E-state index is 12.1. The molecule has 2 aromatic carbocycles. The van der Waals surface area contributed by atoms with Gasteiger partial charge in [-0.1, -0.05) is 49.4 Å². The van der Waals surface area contributed by atoms with E-state index in [-0.39, 0.29) is 12.1 Å². The van der Waals surface area contributed by atoms with Crippen molar-refractivity contribution in [2.45, 2.75) is 25.8 Å². The standard InChI is InChI=1S/C20H22N2O2/c1-3-18-17(12-14-8-5-4-6-9-14)19(22-20(23)21-18)15-10-7-11-16(13-15)24-2/h4-11,13,19H,3,12H2,1-2H3,(H2,21,22,23). The van der Waals surface area contributed by atoms with Gasteiger partial charge in [0.15, 0.2) is 0 Å². The number of hydrogen-bond acceptors (Lipinski definition) is 2. The fourth-order valence-electron chi connectivity index (χ4n) is 3.09. The van der Waals surface area contributed by atoms with Crippen LogP contribution in [0.5, 0.6) is 5.75 Å². The summed E-state index contributed by atoms with van der Waals surface area (Å²) in [7, 11) is 1.65. The molecule has 1 heterocycles. The van der Waals surface area contributed by atoms with Crippen LogP contribution in [0, 0.1) is 0 Å². The second-order valence-electron chi connectivity index (χ2n) is 5.83. The smallest absolute Gasteiger partial charge is 0.319 e. The minimum absolute atomic E-state index is 0.149. The van der Waals surface area contributed by atoms with E-state index >= 15 is 0 Å². The molecular weight excluding hydrogens is 300 g/mol. The third kappa shape index (κ3) is 3.43. The average Bonchev–Trinajstić information content (AvgIpc) is 2.63. The lowest BCUT2D eigenvalue weighted by Crippen LogP contribution is -2.44. The summed E-state index contributed by atoms with van der Waals surface area (Å²) in [6, 6.07) is 17.9. The van der Waals surface area contributed by atoms with Crippen LogP contribution < -0.4 is 15.4 Å². The molecule has 0 saturated heterocycles. The fourth-order valence-corrected chi connectivity index (χ4v) is 3.09. The molecule has 0 fully saturated rings. The Bertz CT molecular complexity index is 753. The zero-order chi connectivity index (χ0) is 16.9. The van der Waals surface area contributed by atoms with Gasteiger partial charge in [-0.3, -0.25) is 0 Å². The van der Waals surface area contributed by atoms with E-state index in [0.717, 1.165) is 29.9 Å². The maximum Gasteiger partial charge on any atom is 0.319 e. The van der Waals surface area contributed by atoms with Crippen LogP contribution in [-0.2, 0) is 6.42 Å². The number of allylic oxidation sites excluding steroid dienone is 1. The molecule has 124 valence electrons. The van der Waals surface area contributed by atoms with Gasteiger partial charge in [-0.05, 0) is 41.7 Å². The van der Waals surface area contributed by atoms with Gasteiger partial charge in [-0.25, -0.2) is 4.79 Å². The van der Waals surface area contributed by atoms with Crippen molar-refractivity contribution in [3.63, 3.8) is 0 Å². The van der Waals surface area contributed by atoms with Gasteiger partial charge in [0, 0.05) is 5.70 Å². The summed E-state index contributed by atoms with van der Waals surface area (Å²) >= 11 is 0. The van der Waals surface area contributed by atoms with Crippen LogP contribution in [0.1, 0.15) is 30.5 Å². The van der Waals surface area contributed by atoms with E-state index in [0.29, 0.717) is 0 Å². The van der Waals surface area contributed by atoms with Crippen molar-refractivity contribution < 1.29 is 9.53 Å². The highest BCUT2D eigenvalue weighted by Crippen LogP contribution is 2.31. The number of amides is 2. The van der Waals surface area contributed by atoms with Crippen molar-refractivity contribution in [2.24, 2.45) is 0 Å². The molecular formula is C20H22N2O2. The monoisotopic (exact) mass is 322 g/mol. The Morgan fingerprint density at radius 3 is 2.58 bits per heavy atom. The second-order valence-corrected chi connectivity index (χ2v) is 5.83. The van der Waals surface area contributed by atoms with Crippen molar-refractivity contribution in [1.82, 2.24) is 10.6 Å². The Morgan fingerprint density at radius 1 is 1.08 bits per heavy atom. The minimum Gasteiger partial charge on any atom is -0.497 e. The molecule has 0 radical (unpaired) electrons. The Morgan fingerprint density at radius 2 is 1.88 bits per heavy atom. The van der Waals surface area contributed by atoms with E-state index in [1.807, 2.05) is 42.5 Å². The molecule has 24 heavy (non-hydrogen) atoms. The van der Waals surface area contributed by atoms with Gasteiger partial charge < -0.3 is 15.4 Å². The molecule has 3 rings (SSSR count). The Balaban J connectivity index is 2.01. The van der Waals surface area contributed by atoms with E-state index < -0.39 is 0 Å². The first kappa shape index (κ1) is 16.1. The SMILES string of the molecule is CCC1=C(Cc2ccccc2)C(c2cccc(OC)c2)NC(=O)N1. The zero-order valence-corrected chi connectivity index (χ0v) is 14.0. The predicted octanol–water partition coefficient (Wildman–Crippen LogP) is 3.96. The Labute approximate surface area is 142 Å². The first-order valence-electron chi connectivity index (χ1n) is 8.18. The van der Waals surface area contributed by atoms with Gasteiger partial charge in [0.05, 0.1) is 13.2 Å². The number of benzene rings is 2. The summed E-state index contributed by atoms with van der Waals surface area (Å²) in [4.78, 5) is 12.1. The van der Waals surface area contributed by atoms with Crippen molar-refractivity contribution in [2.75, 3.05) is 7.11 Å². The van der Waals surface area contributed by atoms with Gasteiger partial charge >= 0.3 is 6.03 Å². The third-order valence-electron chi connectivity index (χ3n) is 4.29. The molecule has 2 aromatic rings. The molecule has 4 nitrogen and oxygen atoms in total. The summed E-state index contributed by atoms with van der Waals surface area (Å²) < 4.78 is 5.33. The number of hydrogen-bond donors (Lipinski definition) is 2. The number of carbonyl (C=O) groups is 1. The largest absolute Gasteiger partial charge is 0.497 e. The van der Waals surface area contributed by atoms with Gasteiger partial charge in [-0.2, -0.15) is 0 Å². The molecule has 4 heteroatoms. The highest BCUT2D eigenvalue weighted by molar-refractivity contribution is 5.79. The van der Waals surface area contributed by atoms with Crippen molar-refractivity contribution in [3.8, 4) is 5.75 Å². The number of rotatable bonds is 5. The third-order valence-corrected chi connectivity index (χ3v) is 4.29. The number of urea groups is 1. The van der Waals surface area contributed by atoms with Crippen LogP contribution in [0.2, 0.25) is 0 Å². The van der Waals surface area contributed by atoms with E-state index in [4.69, 9.17) is 4.74 Å². The van der Waals surface area contributed by atoms with E-state index in [2.05, 4.69) is 29.7 Å². The summed E-state index contributed by atoms with van der Waals surface area (Å²) in [6.45, 7) is 2.06. The predicted molar refractivity (Wildman–Crippen MR) is 94.9 cm³/mol. The van der Waals surface area contributed by atoms with E-state index in [1.54, 1.807) is 7.11 Å².